The zero-order valence-corrected chi connectivity index (χ0v) is 11.5. The number of ether oxygens (including phenoxy) is 1. The summed E-state index contributed by atoms with van der Waals surface area (Å²) < 4.78 is 5.48. The number of ketones is 1. The third kappa shape index (κ3) is 3.82. The predicted molar refractivity (Wildman–Crippen MR) is 78.9 cm³/mol. The summed E-state index contributed by atoms with van der Waals surface area (Å²) in [6.07, 6.45) is 4.41. The Labute approximate surface area is 118 Å². The van der Waals surface area contributed by atoms with Gasteiger partial charge < -0.3 is 10.5 Å². The van der Waals surface area contributed by atoms with E-state index in [1.165, 1.54) is 0 Å². The molecule has 1 aromatic heterocycles. The van der Waals surface area contributed by atoms with Crippen molar-refractivity contribution in [2.75, 3.05) is 12.3 Å². The number of pyridine rings is 1. The van der Waals surface area contributed by atoms with Crippen molar-refractivity contribution in [1.29, 1.82) is 0 Å². The quantitative estimate of drug-likeness (QED) is 0.647. The lowest BCUT2D eigenvalue weighted by molar-refractivity contribution is 0.0992. The highest BCUT2D eigenvalue weighted by Crippen LogP contribution is 2.15. The van der Waals surface area contributed by atoms with Crippen LogP contribution in [0.3, 0.4) is 0 Å². The van der Waals surface area contributed by atoms with Crippen LogP contribution in [0.25, 0.3) is 0 Å². The third-order valence-corrected chi connectivity index (χ3v) is 2.82. The molecule has 2 rings (SSSR count). The first-order chi connectivity index (χ1) is 9.69. The molecule has 0 fully saturated rings. The Kier molecular flexibility index (Phi) is 4.71. The smallest absolute Gasteiger partial charge is 0.168 e. The third-order valence-electron chi connectivity index (χ3n) is 2.82. The van der Waals surface area contributed by atoms with Crippen LogP contribution in [-0.2, 0) is 6.42 Å². The van der Waals surface area contributed by atoms with Gasteiger partial charge in [0, 0.05) is 23.9 Å². The average Bonchev–Trinajstić information content (AvgIpc) is 2.45. The Morgan fingerprint density at radius 3 is 2.90 bits per heavy atom. The first-order valence-corrected chi connectivity index (χ1v) is 6.64. The van der Waals surface area contributed by atoms with Crippen LogP contribution in [-0.4, -0.2) is 17.4 Å². The number of nitrogens with two attached hydrogens (primary N) is 1. The van der Waals surface area contributed by atoms with Gasteiger partial charge in [0.25, 0.3) is 0 Å². The number of hydrogen-bond acceptors (Lipinski definition) is 4. The fraction of sp³-hybridized carbons (Fsp3) is 0.250. The highest BCUT2D eigenvalue weighted by Gasteiger charge is 2.09. The van der Waals surface area contributed by atoms with E-state index >= 15 is 0 Å². The highest BCUT2D eigenvalue weighted by molar-refractivity contribution is 5.97. The molecule has 0 spiro atoms. The Hall–Kier alpha value is -2.36. The number of carbonyl (C=O) groups is 1. The molecule has 20 heavy (non-hydrogen) atoms. The molecule has 0 atom stereocenters. The van der Waals surface area contributed by atoms with E-state index in [2.05, 4.69) is 4.98 Å². The lowest BCUT2D eigenvalue weighted by Crippen LogP contribution is -2.05. The fourth-order valence-electron chi connectivity index (χ4n) is 1.86. The normalized spacial score (nSPS) is 10.2. The van der Waals surface area contributed by atoms with Crippen molar-refractivity contribution < 1.29 is 9.53 Å². The van der Waals surface area contributed by atoms with Crippen LogP contribution in [0.5, 0.6) is 5.75 Å². The Morgan fingerprint density at radius 1 is 1.30 bits per heavy atom. The van der Waals surface area contributed by atoms with E-state index < -0.39 is 0 Å². The first-order valence-electron chi connectivity index (χ1n) is 6.64. The molecule has 4 nitrogen and oxygen atoms in total. The second-order valence-corrected chi connectivity index (χ2v) is 4.60. The summed E-state index contributed by atoms with van der Waals surface area (Å²) in [7, 11) is 0. The van der Waals surface area contributed by atoms with Gasteiger partial charge in [0.1, 0.15) is 5.75 Å². The van der Waals surface area contributed by atoms with Crippen LogP contribution >= 0.6 is 0 Å². The molecule has 0 aliphatic carbocycles. The minimum Gasteiger partial charge on any atom is -0.492 e. The minimum atomic E-state index is 0.00467. The summed E-state index contributed by atoms with van der Waals surface area (Å²) in [6, 6.07) is 9.07. The molecular weight excluding hydrogens is 252 g/mol. The Balaban J connectivity index is 2.09. The number of Topliss-reactive ketones (excluding diaryl/α,β-unsaturated/α-hetero) is 1. The molecule has 4 heteroatoms. The zero-order valence-electron chi connectivity index (χ0n) is 11.5. The van der Waals surface area contributed by atoms with Gasteiger partial charge in [-0.15, -0.1) is 0 Å². The molecular formula is C16H18N2O2. The number of hydrogen-bond donors (Lipinski definition) is 1. The van der Waals surface area contributed by atoms with Crippen LogP contribution < -0.4 is 10.5 Å². The van der Waals surface area contributed by atoms with Crippen LogP contribution in [0.1, 0.15) is 29.3 Å². The average molecular weight is 270 g/mol. The van der Waals surface area contributed by atoms with E-state index in [0.717, 1.165) is 12.0 Å². The van der Waals surface area contributed by atoms with E-state index in [1.807, 2.05) is 25.1 Å². The molecule has 0 aliphatic heterocycles. The second-order valence-electron chi connectivity index (χ2n) is 4.60. The number of benzene rings is 1. The topological polar surface area (TPSA) is 65.2 Å². The molecule has 104 valence electrons. The maximum Gasteiger partial charge on any atom is 0.168 e. The molecule has 0 saturated heterocycles. The lowest BCUT2D eigenvalue weighted by atomic mass is 10.0. The maximum atomic E-state index is 12.2. The van der Waals surface area contributed by atoms with E-state index in [1.54, 1.807) is 24.5 Å². The van der Waals surface area contributed by atoms with Crippen molar-refractivity contribution in [3.63, 3.8) is 0 Å². The van der Waals surface area contributed by atoms with Crippen molar-refractivity contribution in [3.8, 4) is 5.75 Å². The zero-order chi connectivity index (χ0) is 14.4. The molecule has 1 aromatic carbocycles. The summed E-state index contributed by atoms with van der Waals surface area (Å²) in [5.74, 6) is 0.635. The number of nitrogens with zero attached hydrogens (tertiary/aromatic N) is 1. The summed E-state index contributed by atoms with van der Waals surface area (Å²) in [5.41, 5.74) is 7.82. The number of carbonyl (C=O) groups excluding carboxylic acids is 1. The second kappa shape index (κ2) is 6.70. The number of nitrogen functional groups attached to an aromatic ring is 1. The highest BCUT2D eigenvalue weighted by atomic mass is 16.5. The first kappa shape index (κ1) is 14.1. The summed E-state index contributed by atoms with van der Waals surface area (Å²) >= 11 is 0. The molecule has 0 saturated carbocycles. The Bertz CT molecular complexity index is 597. The minimum absolute atomic E-state index is 0.00467. The molecule has 0 amide bonds. The van der Waals surface area contributed by atoms with Crippen molar-refractivity contribution in [2.24, 2.45) is 0 Å². The van der Waals surface area contributed by atoms with Crippen molar-refractivity contribution in [1.82, 2.24) is 4.98 Å². The van der Waals surface area contributed by atoms with Gasteiger partial charge in [-0.1, -0.05) is 19.1 Å². The van der Waals surface area contributed by atoms with Gasteiger partial charge in [-0.05, 0) is 30.2 Å². The maximum absolute atomic E-state index is 12.2. The summed E-state index contributed by atoms with van der Waals surface area (Å²) in [6.45, 7) is 2.65. The van der Waals surface area contributed by atoms with Crippen molar-refractivity contribution in [2.45, 2.75) is 19.8 Å². The van der Waals surface area contributed by atoms with Crippen LogP contribution in [0.4, 0.5) is 5.69 Å². The molecule has 0 radical (unpaired) electrons. The molecule has 2 N–H and O–H groups in total. The van der Waals surface area contributed by atoms with Gasteiger partial charge in [-0.2, -0.15) is 0 Å². The molecule has 2 aromatic rings. The van der Waals surface area contributed by atoms with Crippen molar-refractivity contribution >= 4 is 11.5 Å². The molecule has 0 bridgehead atoms. The molecule has 0 unspecified atom stereocenters. The van der Waals surface area contributed by atoms with Crippen LogP contribution in [0.15, 0.2) is 42.7 Å². The standard InChI is InChI=1S/C16H18N2O2/c1-2-6-20-15-9-13(10-18-11-15)16(19)8-12-4-3-5-14(17)7-12/h3-5,7,9-11H,2,6,8,17H2,1H3. The van der Waals surface area contributed by atoms with Gasteiger partial charge in [-0.3, -0.25) is 9.78 Å². The van der Waals surface area contributed by atoms with E-state index in [4.69, 9.17) is 10.5 Å². The predicted octanol–water partition coefficient (Wildman–Crippen LogP) is 2.88. The fourth-order valence-corrected chi connectivity index (χ4v) is 1.86. The SMILES string of the molecule is CCCOc1cncc(C(=O)Cc2cccc(N)c2)c1. The number of rotatable bonds is 6. The van der Waals surface area contributed by atoms with Gasteiger partial charge >= 0.3 is 0 Å². The van der Waals surface area contributed by atoms with Gasteiger partial charge in [0.2, 0.25) is 0 Å². The van der Waals surface area contributed by atoms with Crippen LogP contribution in [0, 0.1) is 0 Å². The summed E-state index contributed by atoms with van der Waals surface area (Å²) in [4.78, 5) is 16.3. The van der Waals surface area contributed by atoms with Crippen LogP contribution in [0.2, 0.25) is 0 Å². The van der Waals surface area contributed by atoms with Gasteiger partial charge in [0.15, 0.2) is 5.78 Å². The van der Waals surface area contributed by atoms with Crippen molar-refractivity contribution in [3.05, 3.63) is 53.9 Å². The van der Waals surface area contributed by atoms with E-state index in [-0.39, 0.29) is 5.78 Å². The monoisotopic (exact) mass is 270 g/mol. The summed E-state index contributed by atoms with van der Waals surface area (Å²) in [5, 5.41) is 0. The Morgan fingerprint density at radius 2 is 2.15 bits per heavy atom. The molecule has 0 aliphatic rings. The van der Waals surface area contributed by atoms with Gasteiger partial charge in [-0.25, -0.2) is 0 Å². The largest absolute Gasteiger partial charge is 0.492 e. The lowest BCUT2D eigenvalue weighted by Gasteiger charge is -2.06. The number of anilines is 1. The number of aromatic nitrogens is 1. The van der Waals surface area contributed by atoms with E-state index in [9.17, 15) is 4.79 Å². The van der Waals surface area contributed by atoms with E-state index in [0.29, 0.717) is 30.0 Å². The van der Waals surface area contributed by atoms with Gasteiger partial charge in [0.05, 0.1) is 12.8 Å². The molecule has 1 heterocycles.